The standard InChI is InChI=1S/C13H21N/c1-4-11-7-12-5-9(2)10(3)6-13(12)14-8-11/h5,11,13-14H,4,6-8H2,1-3H3/t11-,13?/m1/s1. The van der Waals surface area contributed by atoms with E-state index >= 15 is 0 Å². The molecule has 1 aliphatic carbocycles. The minimum atomic E-state index is 0.654. The average molecular weight is 191 g/mol. The quantitative estimate of drug-likeness (QED) is 0.671. The number of nitrogens with one attached hydrogen (secondary N) is 1. The lowest BCUT2D eigenvalue weighted by Crippen LogP contribution is -2.41. The molecule has 0 aromatic carbocycles. The number of hydrogen-bond donors (Lipinski definition) is 1. The van der Waals surface area contributed by atoms with Crippen LogP contribution < -0.4 is 5.32 Å². The SMILES string of the molecule is CC[C@H]1CNC2CC(C)=C(C)C=C2C1. The summed E-state index contributed by atoms with van der Waals surface area (Å²) in [5, 5.41) is 3.67. The Morgan fingerprint density at radius 3 is 2.86 bits per heavy atom. The van der Waals surface area contributed by atoms with Crippen LogP contribution in [-0.2, 0) is 0 Å². The Bertz CT molecular complexity index is 286. The van der Waals surface area contributed by atoms with Crippen molar-refractivity contribution in [2.45, 2.75) is 46.1 Å². The molecule has 1 fully saturated rings. The van der Waals surface area contributed by atoms with E-state index in [9.17, 15) is 0 Å². The fourth-order valence-electron chi connectivity index (χ4n) is 2.51. The zero-order chi connectivity index (χ0) is 10.1. The van der Waals surface area contributed by atoms with Crippen LogP contribution in [0.1, 0.15) is 40.0 Å². The lowest BCUT2D eigenvalue weighted by molar-refractivity contribution is 0.366. The van der Waals surface area contributed by atoms with Crippen LogP contribution in [0.4, 0.5) is 0 Å². The Morgan fingerprint density at radius 2 is 2.14 bits per heavy atom. The molecule has 1 aliphatic heterocycles. The molecule has 0 aromatic heterocycles. The van der Waals surface area contributed by atoms with Gasteiger partial charge in [0, 0.05) is 6.04 Å². The van der Waals surface area contributed by atoms with E-state index in [0.717, 1.165) is 5.92 Å². The summed E-state index contributed by atoms with van der Waals surface area (Å²) in [6.07, 6.45) is 6.27. The second-order valence-corrected chi connectivity index (χ2v) is 4.83. The van der Waals surface area contributed by atoms with Gasteiger partial charge in [-0.1, -0.05) is 36.1 Å². The number of hydrogen-bond acceptors (Lipinski definition) is 1. The number of allylic oxidation sites excluding steroid dienone is 2. The smallest absolute Gasteiger partial charge is 0.0320 e. The molecule has 1 N–H and O–H groups in total. The van der Waals surface area contributed by atoms with Gasteiger partial charge in [0.05, 0.1) is 0 Å². The van der Waals surface area contributed by atoms with Crippen LogP contribution in [0.3, 0.4) is 0 Å². The highest BCUT2D eigenvalue weighted by atomic mass is 14.9. The fourth-order valence-corrected chi connectivity index (χ4v) is 2.51. The number of fused-ring (bicyclic) bond motifs is 1. The summed E-state index contributed by atoms with van der Waals surface area (Å²) in [5.41, 5.74) is 4.70. The van der Waals surface area contributed by atoms with Gasteiger partial charge in [0.25, 0.3) is 0 Å². The molecule has 2 rings (SSSR count). The Balaban J connectivity index is 2.15. The van der Waals surface area contributed by atoms with Crippen LogP contribution >= 0.6 is 0 Å². The Labute approximate surface area is 87.3 Å². The first kappa shape index (κ1) is 9.97. The van der Waals surface area contributed by atoms with Crippen LogP contribution in [0.15, 0.2) is 22.8 Å². The van der Waals surface area contributed by atoms with E-state index in [1.165, 1.54) is 31.4 Å². The van der Waals surface area contributed by atoms with Gasteiger partial charge in [0.2, 0.25) is 0 Å². The fraction of sp³-hybridized carbons (Fsp3) is 0.692. The van der Waals surface area contributed by atoms with Gasteiger partial charge in [-0.15, -0.1) is 0 Å². The predicted octanol–water partition coefficient (Wildman–Crippen LogP) is 3.04. The van der Waals surface area contributed by atoms with Gasteiger partial charge >= 0.3 is 0 Å². The summed E-state index contributed by atoms with van der Waals surface area (Å²) >= 11 is 0. The first-order valence-electron chi connectivity index (χ1n) is 5.81. The van der Waals surface area contributed by atoms with Crippen molar-refractivity contribution in [1.82, 2.24) is 5.32 Å². The van der Waals surface area contributed by atoms with Gasteiger partial charge in [0.15, 0.2) is 0 Å². The minimum absolute atomic E-state index is 0.654. The van der Waals surface area contributed by atoms with E-state index in [4.69, 9.17) is 0 Å². The van der Waals surface area contributed by atoms with Gasteiger partial charge in [-0.3, -0.25) is 0 Å². The third kappa shape index (κ3) is 1.78. The van der Waals surface area contributed by atoms with Gasteiger partial charge in [0.1, 0.15) is 0 Å². The molecule has 1 nitrogen and oxygen atoms in total. The largest absolute Gasteiger partial charge is 0.310 e. The summed E-state index contributed by atoms with van der Waals surface area (Å²) in [6.45, 7) is 8.01. The maximum Gasteiger partial charge on any atom is 0.0320 e. The molecular formula is C13H21N. The second kappa shape index (κ2) is 3.90. The topological polar surface area (TPSA) is 12.0 Å². The average Bonchev–Trinajstić information content (AvgIpc) is 2.19. The molecule has 0 amide bonds. The van der Waals surface area contributed by atoms with Crippen molar-refractivity contribution >= 4 is 0 Å². The van der Waals surface area contributed by atoms with Crippen LogP contribution in [-0.4, -0.2) is 12.6 Å². The van der Waals surface area contributed by atoms with Crippen molar-refractivity contribution in [3.63, 3.8) is 0 Å². The van der Waals surface area contributed by atoms with Crippen LogP contribution in [0.2, 0.25) is 0 Å². The van der Waals surface area contributed by atoms with Gasteiger partial charge in [-0.05, 0) is 39.2 Å². The summed E-state index contributed by atoms with van der Waals surface area (Å²) < 4.78 is 0. The molecule has 0 radical (unpaired) electrons. The molecule has 2 atom stereocenters. The summed E-state index contributed by atoms with van der Waals surface area (Å²) in [7, 11) is 0. The summed E-state index contributed by atoms with van der Waals surface area (Å²) in [4.78, 5) is 0. The molecule has 2 aliphatic rings. The van der Waals surface area contributed by atoms with E-state index in [2.05, 4.69) is 32.2 Å². The Kier molecular flexibility index (Phi) is 2.78. The lowest BCUT2D eigenvalue weighted by atomic mass is 9.81. The van der Waals surface area contributed by atoms with E-state index < -0.39 is 0 Å². The molecule has 1 heterocycles. The first-order valence-corrected chi connectivity index (χ1v) is 5.81. The highest BCUT2D eigenvalue weighted by Gasteiger charge is 2.26. The van der Waals surface area contributed by atoms with Crippen molar-refractivity contribution in [3.05, 3.63) is 22.8 Å². The van der Waals surface area contributed by atoms with Crippen LogP contribution in [0.25, 0.3) is 0 Å². The monoisotopic (exact) mass is 191 g/mol. The number of rotatable bonds is 1. The molecule has 14 heavy (non-hydrogen) atoms. The van der Waals surface area contributed by atoms with E-state index in [1.807, 2.05) is 0 Å². The van der Waals surface area contributed by atoms with Crippen LogP contribution in [0.5, 0.6) is 0 Å². The highest BCUT2D eigenvalue weighted by Crippen LogP contribution is 2.31. The Hall–Kier alpha value is -0.560. The summed E-state index contributed by atoms with van der Waals surface area (Å²) in [6, 6.07) is 0.654. The zero-order valence-electron chi connectivity index (χ0n) is 9.56. The molecule has 0 saturated carbocycles. The van der Waals surface area contributed by atoms with Crippen molar-refractivity contribution in [2.75, 3.05) is 6.54 Å². The Morgan fingerprint density at radius 1 is 1.36 bits per heavy atom. The third-order valence-electron chi connectivity index (χ3n) is 3.79. The predicted molar refractivity (Wildman–Crippen MR) is 61.3 cm³/mol. The highest BCUT2D eigenvalue weighted by molar-refractivity contribution is 5.36. The maximum absolute atomic E-state index is 3.67. The molecule has 0 aromatic rings. The molecule has 0 bridgehead atoms. The van der Waals surface area contributed by atoms with Gasteiger partial charge in [-0.25, -0.2) is 0 Å². The van der Waals surface area contributed by atoms with Crippen molar-refractivity contribution in [2.24, 2.45) is 5.92 Å². The van der Waals surface area contributed by atoms with Gasteiger partial charge < -0.3 is 5.32 Å². The third-order valence-corrected chi connectivity index (χ3v) is 3.79. The molecule has 78 valence electrons. The first-order chi connectivity index (χ1) is 6.70. The minimum Gasteiger partial charge on any atom is -0.310 e. The van der Waals surface area contributed by atoms with Crippen molar-refractivity contribution in [1.29, 1.82) is 0 Å². The molecule has 1 unspecified atom stereocenters. The van der Waals surface area contributed by atoms with Gasteiger partial charge in [-0.2, -0.15) is 0 Å². The normalized spacial score (nSPS) is 32.6. The van der Waals surface area contributed by atoms with E-state index in [1.54, 1.807) is 11.1 Å². The van der Waals surface area contributed by atoms with Crippen LogP contribution in [0, 0.1) is 5.92 Å². The zero-order valence-corrected chi connectivity index (χ0v) is 9.56. The van der Waals surface area contributed by atoms with Crippen molar-refractivity contribution < 1.29 is 0 Å². The van der Waals surface area contributed by atoms with Crippen molar-refractivity contribution in [3.8, 4) is 0 Å². The molecule has 1 heteroatoms. The van der Waals surface area contributed by atoms with E-state index in [-0.39, 0.29) is 0 Å². The number of piperidine rings is 1. The second-order valence-electron chi connectivity index (χ2n) is 4.83. The molecule has 0 spiro atoms. The molecular weight excluding hydrogens is 170 g/mol. The maximum atomic E-state index is 3.67. The van der Waals surface area contributed by atoms with E-state index in [0.29, 0.717) is 6.04 Å². The summed E-state index contributed by atoms with van der Waals surface area (Å²) in [5.74, 6) is 0.865. The molecule has 1 saturated heterocycles. The lowest BCUT2D eigenvalue weighted by Gasteiger charge is -2.35.